The number of methoxy groups -OCH3 is 1. The number of nitrogens with zero attached hydrogens (tertiary/aromatic N) is 1. The van der Waals surface area contributed by atoms with Crippen LogP contribution in [-0.2, 0) is 4.74 Å². The molecule has 1 aromatic carbocycles. The standard InChI is InChI=1S/C11H16N2OS/c1-14-9-5-8-13(11(12)15)10-6-3-2-4-7-10/h2-4,6-7H,5,8-9H2,1H3,(H2,12,15). The van der Waals surface area contributed by atoms with E-state index in [4.69, 9.17) is 22.7 Å². The molecule has 0 heterocycles. The molecule has 0 aromatic heterocycles. The monoisotopic (exact) mass is 224 g/mol. The van der Waals surface area contributed by atoms with E-state index in [1.807, 2.05) is 35.2 Å². The molecule has 3 nitrogen and oxygen atoms in total. The van der Waals surface area contributed by atoms with Crippen LogP contribution in [0, 0.1) is 0 Å². The summed E-state index contributed by atoms with van der Waals surface area (Å²) in [5.41, 5.74) is 6.70. The van der Waals surface area contributed by atoms with Gasteiger partial charge in [-0.2, -0.15) is 0 Å². The Balaban J connectivity index is 2.62. The maximum absolute atomic E-state index is 5.67. The highest BCUT2D eigenvalue weighted by Gasteiger charge is 2.07. The molecule has 0 aliphatic carbocycles. The molecule has 0 atom stereocenters. The summed E-state index contributed by atoms with van der Waals surface area (Å²) in [4.78, 5) is 1.91. The summed E-state index contributed by atoms with van der Waals surface area (Å²) in [6, 6.07) is 9.89. The Morgan fingerprint density at radius 2 is 2.07 bits per heavy atom. The van der Waals surface area contributed by atoms with E-state index in [1.165, 1.54) is 0 Å². The molecule has 15 heavy (non-hydrogen) atoms. The molecule has 4 heteroatoms. The van der Waals surface area contributed by atoms with Gasteiger partial charge < -0.3 is 15.4 Å². The topological polar surface area (TPSA) is 38.5 Å². The van der Waals surface area contributed by atoms with E-state index in [0.717, 1.165) is 18.7 Å². The average Bonchev–Trinajstić information content (AvgIpc) is 2.25. The van der Waals surface area contributed by atoms with Gasteiger partial charge >= 0.3 is 0 Å². The Labute approximate surface area is 95.8 Å². The van der Waals surface area contributed by atoms with Crippen molar-refractivity contribution in [3.63, 3.8) is 0 Å². The minimum absolute atomic E-state index is 0.400. The van der Waals surface area contributed by atoms with Crippen LogP contribution in [0.25, 0.3) is 0 Å². The van der Waals surface area contributed by atoms with Crippen LogP contribution in [0.1, 0.15) is 6.42 Å². The van der Waals surface area contributed by atoms with E-state index in [1.54, 1.807) is 7.11 Å². The Morgan fingerprint density at radius 3 is 2.60 bits per heavy atom. The predicted molar refractivity (Wildman–Crippen MR) is 67.1 cm³/mol. The Hall–Kier alpha value is -1.13. The van der Waals surface area contributed by atoms with Gasteiger partial charge in [-0.25, -0.2) is 0 Å². The highest BCUT2D eigenvalue weighted by molar-refractivity contribution is 7.80. The first-order valence-electron chi connectivity index (χ1n) is 4.86. The molecule has 0 aliphatic heterocycles. The van der Waals surface area contributed by atoms with Crippen LogP contribution in [0.3, 0.4) is 0 Å². The van der Waals surface area contributed by atoms with Gasteiger partial charge in [0.25, 0.3) is 0 Å². The minimum Gasteiger partial charge on any atom is -0.385 e. The maximum Gasteiger partial charge on any atom is 0.170 e. The van der Waals surface area contributed by atoms with E-state index in [-0.39, 0.29) is 0 Å². The molecule has 0 bridgehead atoms. The first-order chi connectivity index (χ1) is 7.25. The van der Waals surface area contributed by atoms with Crippen LogP contribution in [0.5, 0.6) is 0 Å². The molecule has 0 fully saturated rings. The van der Waals surface area contributed by atoms with Crippen LogP contribution in [0.15, 0.2) is 30.3 Å². The molecule has 0 spiro atoms. The molecule has 1 rings (SSSR count). The van der Waals surface area contributed by atoms with E-state index >= 15 is 0 Å². The summed E-state index contributed by atoms with van der Waals surface area (Å²) < 4.78 is 5.00. The number of anilines is 1. The van der Waals surface area contributed by atoms with Gasteiger partial charge in [0, 0.05) is 25.9 Å². The third-order valence-electron chi connectivity index (χ3n) is 2.06. The van der Waals surface area contributed by atoms with E-state index in [0.29, 0.717) is 11.7 Å². The van der Waals surface area contributed by atoms with Crippen molar-refractivity contribution < 1.29 is 4.74 Å². The Kier molecular flexibility index (Phi) is 5.07. The second-order valence-corrected chi connectivity index (χ2v) is 3.59. The normalized spacial score (nSPS) is 9.93. The number of thiocarbonyl (C=S) groups is 1. The van der Waals surface area contributed by atoms with Gasteiger partial charge in [-0.1, -0.05) is 18.2 Å². The summed E-state index contributed by atoms with van der Waals surface area (Å²) in [6.07, 6.45) is 0.905. The highest BCUT2D eigenvalue weighted by atomic mass is 32.1. The first-order valence-corrected chi connectivity index (χ1v) is 5.27. The molecule has 0 aliphatic rings. The summed E-state index contributed by atoms with van der Waals surface area (Å²) in [5.74, 6) is 0. The number of para-hydroxylation sites is 1. The zero-order valence-corrected chi connectivity index (χ0v) is 9.67. The second kappa shape index (κ2) is 6.37. The van der Waals surface area contributed by atoms with Crippen molar-refractivity contribution in [1.82, 2.24) is 0 Å². The number of benzene rings is 1. The van der Waals surface area contributed by atoms with Crippen LogP contribution in [-0.4, -0.2) is 25.4 Å². The molecule has 0 amide bonds. The van der Waals surface area contributed by atoms with Gasteiger partial charge in [0.2, 0.25) is 0 Å². The molecule has 0 saturated carbocycles. The largest absolute Gasteiger partial charge is 0.385 e. The van der Waals surface area contributed by atoms with Gasteiger partial charge in [0.15, 0.2) is 5.11 Å². The van der Waals surface area contributed by atoms with E-state index in [9.17, 15) is 0 Å². The van der Waals surface area contributed by atoms with Gasteiger partial charge in [0.05, 0.1) is 0 Å². The SMILES string of the molecule is COCCCN(C(N)=S)c1ccccc1. The van der Waals surface area contributed by atoms with Crippen LogP contribution >= 0.6 is 12.2 Å². The maximum atomic E-state index is 5.67. The Bertz CT molecular complexity index is 303. The fourth-order valence-corrected chi connectivity index (χ4v) is 1.54. The number of rotatable bonds is 5. The lowest BCUT2D eigenvalue weighted by molar-refractivity contribution is 0.197. The van der Waals surface area contributed by atoms with Crippen LogP contribution in [0.4, 0.5) is 5.69 Å². The molecule has 1 aromatic rings. The van der Waals surface area contributed by atoms with Crippen molar-refractivity contribution in [3.8, 4) is 0 Å². The highest BCUT2D eigenvalue weighted by Crippen LogP contribution is 2.13. The lowest BCUT2D eigenvalue weighted by Crippen LogP contribution is -2.36. The fraction of sp³-hybridized carbons (Fsp3) is 0.364. The average molecular weight is 224 g/mol. The number of ether oxygens (including phenoxy) is 1. The lowest BCUT2D eigenvalue weighted by atomic mass is 10.3. The molecule has 2 N–H and O–H groups in total. The van der Waals surface area contributed by atoms with Crippen molar-refractivity contribution in [2.45, 2.75) is 6.42 Å². The van der Waals surface area contributed by atoms with Crippen LogP contribution < -0.4 is 10.6 Å². The summed E-state index contributed by atoms with van der Waals surface area (Å²) in [5, 5.41) is 0.400. The number of nitrogens with two attached hydrogens (primary N) is 1. The molecule has 0 saturated heterocycles. The second-order valence-electron chi connectivity index (χ2n) is 3.17. The van der Waals surface area contributed by atoms with Crippen molar-refractivity contribution >= 4 is 23.0 Å². The summed E-state index contributed by atoms with van der Waals surface area (Å²) >= 11 is 5.01. The van der Waals surface area contributed by atoms with Gasteiger partial charge in [-0.3, -0.25) is 0 Å². The van der Waals surface area contributed by atoms with Crippen LogP contribution in [0.2, 0.25) is 0 Å². The third-order valence-corrected chi connectivity index (χ3v) is 2.28. The zero-order chi connectivity index (χ0) is 11.1. The number of hydrogen-bond donors (Lipinski definition) is 1. The first kappa shape index (κ1) is 11.9. The smallest absolute Gasteiger partial charge is 0.170 e. The zero-order valence-electron chi connectivity index (χ0n) is 8.85. The third kappa shape index (κ3) is 3.85. The van der Waals surface area contributed by atoms with E-state index < -0.39 is 0 Å². The summed E-state index contributed by atoms with van der Waals surface area (Å²) in [6.45, 7) is 1.50. The van der Waals surface area contributed by atoms with E-state index in [2.05, 4.69) is 0 Å². The van der Waals surface area contributed by atoms with Crippen molar-refractivity contribution in [2.24, 2.45) is 5.73 Å². The van der Waals surface area contributed by atoms with Gasteiger partial charge in [0.1, 0.15) is 0 Å². The summed E-state index contributed by atoms with van der Waals surface area (Å²) in [7, 11) is 1.69. The quantitative estimate of drug-likeness (QED) is 0.611. The molecule has 0 radical (unpaired) electrons. The molecular formula is C11H16N2OS. The molecule has 82 valence electrons. The predicted octanol–water partition coefficient (Wildman–Crippen LogP) is 1.77. The lowest BCUT2D eigenvalue weighted by Gasteiger charge is -2.22. The van der Waals surface area contributed by atoms with Crippen molar-refractivity contribution in [3.05, 3.63) is 30.3 Å². The molecular weight excluding hydrogens is 208 g/mol. The van der Waals surface area contributed by atoms with Gasteiger partial charge in [-0.05, 0) is 30.8 Å². The minimum atomic E-state index is 0.400. The molecule has 0 unspecified atom stereocenters. The Morgan fingerprint density at radius 1 is 1.40 bits per heavy atom. The van der Waals surface area contributed by atoms with Gasteiger partial charge in [-0.15, -0.1) is 0 Å². The van der Waals surface area contributed by atoms with Crippen molar-refractivity contribution in [2.75, 3.05) is 25.2 Å². The van der Waals surface area contributed by atoms with Crippen molar-refractivity contribution in [1.29, 1.82) is 0 Å². The number of hydrogen-bond acceptors (Lipinski definition) is 2. The fourth-order valence-electron chi connectivity index (χ4n) is 1.34.